The Hall–Kier alpha value is -2.79. The fourth-order valence-corrected chi connectivity index (χ4v) is 3.94. The van der Waals surface area contributed by atoms with Gasteiger partial charge in [-0.2, -0.15) is 0 Å². The number of nitrogens with one attached hydrogen (secondary N) is 1. The van der Waals surface area contributed by atoms with E-state index in [1.165, 1.54) is 12.8 Å². The molecular weight excluding hydrogens is 400 g/mol. The molecule has 0 aliphatic carbocycles. The summed E-state index contributed by atoms with van der Waals surface area (Å²) in [5.41, 5.74) is 8.58. The smallest absolute Gasteiger partial charge is 0.197 e. The highest BCUT2D eigenvalue weighted by Gasteiger charge is 2.25. The molecule has 0 saturated heterocycles. The molecule has 3 aromatic rings. The second-order valence-corrected chi connectivity index (χ2v) is 8.45. The van der Waals surface area contributed by atoms with E-state index in [2.05, 4.69) is 26.1 Å². The Morgan fingerprint density at radius 3 is 2.53 bits per heavy atom. The molecule has 0 radical (unpaired) electrons. The van der Waals surface area contributed by atoms with Crippen LogP contribution in [0.5, 0.6) is 5.75 Å². The molecule has 0 aliphatic heterocycles. The summed E-state index contributed by atoms with van der Waals surface area (Å²) in [5, 5.41) is 4.19. The first-order valence-corrected chi connectivity index (χ1v) is 11.8. The number of ether oxygens (including phenoxy) is 1. The number of carbonyl (C=O) groups excluding carboxylic acids is 1. The number of carbonyl (C=O) groups is 1. The summed E-state index contributed by atoms with van der Waals surface area (Å²) in [5.74, 6) is 1.63. The fourth-order valence-electron chi connectivity index (χ4n) is 3.94. The quantitative estimate of drug-likeness (QED) is 0.187. The molecule has 0 aliphatic rings. The zero-order chi connectivity index (χ0) is 22.9. The molecule has 0 amide bonds. The van der Waals surface area contributed by atoms with Crippen LogP contribution in [0.4, 0.5) is 5.69 Å². The van der Waals surface area contributed by atoms with E-state index in [4.69, 9.17) is 14.9 Å². The monoisotopic (exact) mass is 436 g/mol. The van der Waals surface area contributed by atoms with E-state index in [9.17, 15) is 4.79 Å². The molecule has 0 saturated carbocycles. The molecule has 1 aromatic heterocycles. The van der Waals surface area contributed by atoms with Crippen LogP contribution in [0.1, 0.15) is 80.5 Å². The van der Waals surface area contributed by atoms with Gasteiger partial charge < -0.3 is 20.2 Å². The number of fused-ring (bicyclic) bond motifs is 1. The van der Waals surface area contributed by atoms with Crippen molar-refractivity contribution in [3.05, 3.63) is 59.4 Å². The van der Waals surface area contributed by atoms with Crippen LogP contribution in [0.3, 0.4) is 0 Å². The summed E-state index contributed by atoms with van der Waals surface area (Å²) < 4.78 is 12.0. The Bertz CT molecular complexity index is 1010. The molecule has 172 valence electrons. The van der Waals surface area contributed by atoms with Gasteiger partial charge in [0.15, 0.2) is 5.78 Å². The summed E-state index contributed by atoms with van der Waals surface area (Å²) in [6, 6.07) is 12.9. The van der Waals surface area contributed by atoms with Crippen LogP contribution >= 0.6 is 0 Å². The number of furan rings is 1. The van der Waals surface area contributed by atoms with E-state index in [0.717, 1.165) is 49.2 Å². The van der Waals surface area contributed by atoms with E-state index in [-0.39, 0.29) is 11.7 Å². The molecule has 5 heteroatoms. The maximum atomic E-state index is 13.5. The Morgan fingerprint density at radius 2 is 1.81 bits per heavy atom. The number of hydrogen-bond donors (Lipinski definition) is 2. The summed E-state index contributed by atoms with van der Waals surface area (Å²) in [6.45, 7) is 9.09. The Kier molecular flexibility index (Phi) is 8.74. The molecule has 3 rings (SSSR count). The average molecular weight is 437 g/mol. The highest BCUT2D eigenvalue weighted by atomic mass is 16.5. The average Bonchev–Trinajstić information content (AvgIpc) is 3.17. The molecule has 2 aromatic carbocycles. The van der Waals surface area contributed by atoms with Gasteiger partial charge in [0.25, 0.3) is 0 Å². The first-order chi connectivity index (χ1) is 15.5. The largest absolute Gasteiger partial charge is 0.494 e. The zero-order valence-corrected chi connectivity index (χ0v) is 19.6. The molecular formula is C27H36N2O3. The second kappa shape index (κ2) is 11.7. The van der Waals surface area contributed by atoms with Crippen LogP contribution < -0.4 is 15.8 Å². The van der Waals surface area contributed by atoms with Gasteiger partial charge in [-0.3, -0.25) is 4.79 Å². The number of anilines is 1. The van der Waals surface area contributed by atoms with Crippen molar-refractivity contribution in [1.29, 1.82) is 0 Å². The molecule has 1 unspecified atom stereocenters. The van der Waals surface area contributed by atoms with Crippen LogP contribution in [0.25, 0.3) is 11.0 Å². The van der Waals surface area contributed by atoms with E-state index >= 15 is 0 Å². The van der Waals surface area contributed by atoms with Crippen molar-refractivity contribution in [2.24, 2.45) is 0 Å². The lowest BCUT2D eigenvalue weighted by atomic mass is 9.93. The number of unbranched alkanes of at least 4 members (excludes halogenated alkanes) is 1. The SMILES string of the molecule is CCCCNCCCOc1ccc(C(=O)c2c(C(C)CCC)oc3ccc(N)cc23)cc1. The van der Waals surface area contributed by atoms with Gasteiger partial charge in [-0.15, -0.1) is 0 Å². The van der Waals surface area contributed by atoms with Crippen LogP contribution in [-0.4, -0.2) is 25.5 Å². The fraction of sp³-hybridized carbons (Fsp3) is 0.444. The lowest BCUT2D eigenvalue weighted by molar-refractivity contribution is 0.103. The van der Waals surface area contributed by atoms with E-state index in [1.54, 1.807) is 6.07 Å². The topological polar surface area (TPSA) is 77.5 Å². The van der Waals surface area contributed by atoms with Gasteiger partial charge in [-0.05, 0) is 74.8 Å². The normalized spacial score (nSPS) is 12.2. The molecule has 3 N–H and O–H groups in total. The van der Waals surface area contributed by atoms with Gasteiger partial charge in [0.05, 0.1) is 12.2 Å². The van der Waals surface area contributed by atoms with Crippen molar-refractivity contribution in [2.45, 2.75) is 58.8 Å². The first kappa shape index (κ1) is 23.9. The van der Waals surface area contributed by atoms with E-state index in [0.29, 0.717) is 29.0 Å². The predicted octanol–water partition coefficient (Wildman–Crippen LogP) is 6.31. The molecule has 1 atom stereocenters. The third-order valence-electron chi connectivity index (χ3n) is 5.73. The number of hydrogen-bond acceptors (Lipinski definition) is 5. The Morgan fingerprint density at radius 1 is 1.06 bits per heavy atom. The van der Waals surface area contributed by atoms with Gasteiger partial charge in [0.2, 0.25) is 0 Å². The summed E-state index contributed by atoms with van der Waals surface area (Å²) >= 11 is 0. The van der Waals surface area contributed by atoms with Crippen molar-refractivity contribution in [3.63, 3.8) is 0 Å². The molecule has 5 nitrogen and oxygen atoms in total. The van der Waals surface area contributed by atoms with Crippen molar-refractivity contribution >= 4 is 22.4 Å². The number of nitrogen functional groups attached to an aromatic ring is 1. The minimum absolute atomic E-state index is 0.0426. The number of ketones is 1. The summed E-state index contributed by atoms with van der Waals surface area (Å²) in [7, 11) is 0. The van der Waals surface area contributed by atoms with Crippen LogP contribution in [0.15, 0.2) is 46.9 Å². The van der Waals surface area contributed by atoms with Crippen LogP contribution in [0, 0.1) is 0 Å². The number of benzene rings is 2. The number of rotatable bonds is 13. The summed E-state index contributed by atoms with van der Waals surface area (Å²) in [6.07, 6.45) is 5.33. The molecule has 0 spiro atoms. The first-order valence-electron chi connectivity index (χ1n) is 11.8. The maximum Gasteiger partial charge on any atom is 0.197 e. The molecule has 32 heavy (non-hydrogen) atoms. The standard InChI is InChI=1S/C27H36N2O3/c1-4-6-15-29-16-7-17-31-22-12-9-20(10-13-22)26(30)25-23-18-21(28)11-14-24(23)32-27(25)19(3)8-5-2/h9-14,18-19,29H,4-8,15-17,28H2,1-3H3. The zero-order valence-electron chi connectivity index (χ0n) is 19.6. The van der Waals surface area contributed by atoms with Crippen LogP contribution in [-0.2, 0) is 0 Å². The van der Waals surface area contributed by atoms with Gasteiger partial charge in [0.1, 0.15) is 17.1 Å². The van der Waals surface area contributed by atoms with Crippen LogP contribution in [0.2, 0.25) is 0 Å². The highest BCUT2D eigenvalue weighted by molar-refractivity contribution is 6.17. The van der Waals surface area contributed by atoms with Gasteiger partial charge in [-0.25, -0.2) is 0 Å². The second-order valence-electron chi connectivity index (χ2n) is 8.45. The van der Waals surface area contributed by atoms with Crippen molar-refractivity contribution in [1.82, 2.24) is 5.32 Å². The van der Waals surface area contributed by atoms with Gasteiger partial charge in [-0.1, -0.05) is 33.6 Å². The lowest BCUT2D eigenvalue weighted by Crippen LogP contribution is -2.18. The minimum Gasteiger partial charge on any atom is -0.494 e. The lowest BCUT2D eigenvalue weighted by Gasteiger charge is -2.10. The Labute approximate surface area is 191 Å². The highest BCUT2D eigenvalue weighted by Crippen LogP contribution is 2.35. The van der Waals surface area contributed by atoms with Crippen molar-refractivity contribution in [2.75, 3.05) is 25.4 Å². The van der Waals surface area contributed by atoms with Crippen molar-refractivity contribution < 1.29 is 13.9 Å². The van der Waals surface area contributed by atoms with Gasteiger partial charge in [0, 0.05) is 22.6 Å². The van der Waals surface area contributed by atoms with E-state index in [1.807, 2.05) is 36.4 Å². The number of nitrogens with two attached hydrogens (primary N) is 1. The summed E-state index contributed by atoms with van der Waals surface area (Å²) in [4.78, 5) is 13.5. The van der Waals surface area contributed by atoms with E-state index < -0.39 is 0 Å². The molecule has 0 fully saturated rings. The maximum absolute atomic E-state index is 13.5. The molecule has 1 heterocycles. The third kappa shape index (κ3) is 5.92. The van der Waals surface area contributed by atoms with Gasteiger partial charge >= 0.3 is 0 Å². The Balaban J connectivity index is 1.73. The predicted molar refractivity (Wildman–Crippen MR) is 132 cm³/mol. The molecule has 0 bridgehead atoms. The van der Waals surface area contributed by atoms with Crippen molar-refractivity contribution in [3.8, 4) is 5.75 Å². The third-order valence-corrected chi connectivity index (χ3v) is 5.73. The minimum atomic E-state index is -0.0426.